The van der Waals surface area contributed by atoms with E-state index >= 15 is 0 Å². The van der Waals surface area contributed by atoms with Gasteiger partial charge in [0, 0.05) is 16.5 Å². The van der Waals surface area contributed by atoms with Crippen LogP contribution < -0.4 is 5.73 Å². The third kappa shape index (κ3) is 2.42. The quantitative estimate of drug-likeness (QED) is 0.737. The van der Waals surface area contributed by atoms with E-state index in [9.17, 15) is 0 Å². The maximum absolute atomic E-state index is 6.43. The van der Waals surface area contributed by atoms with Crippen molar-refractivity contribution in [1.29, 1.82) is 0 Å². The Morgan fingerprint density at radius 3 is 2.50 bits per heavy atom. The van der Waals surface area contributed by atoms with E-state index in [4.69, 9.17) is 5.73 Å². The van der Waals surface area contributed by atoms with E-state index in [1.165, 1.54) is 4.90 Å². The molecule has 0 aliphatic rings. The van der Waals surface area contributed by atoms with Gasteiger partial charge in [-0.25, -0.2) is 0 Å². The highest BCUT2D eigenvalue weighted by Crippen LogP contribution is 2.27. The maximum atomic E-state index is 6.43. The van der Waals surface area contributed by atoms with E-state index in [1.54, 1.807) is 11.8 Å². The first-order valence-electron chi connectivity index (χ1n) is 6.53. The van der Waals surface area contributed by atoms with E-state index in [-0.39, 0.29) is 6.04 Å². The number of fused-ring (bicyclic) bond motifs is 1. The third-order valence-electron chi connectivity index (χ3n) is 3.47. The van der Waals surface area contributed by atoms with E-state index in [2.05, 4.69) is 53.7 Å². The first-order chi connectivity index (χ1) is 9.79. The average Bonchev–Trinajstić information content (AvgIpc) is 2.54. The molecular formula is C17H16N2S. The number of nitrogens with zero attached hydrogens (tertiary/aromatic N) is 1. The van der Waals surface area contributed by atoms with Gasteiger partial charge in [0.15, 0.2) is 0 Å². The number of para-hydroxylation sites is 1. The zero-order valence-corrected chi connectivity index (χ0v) is 12.1. The van der Waals surface area contributed by atoms with Crippen LogP contribution in [0.25, 0.3) is 10.9 Å². The lowest BCUT2D eigenvalue weighted by Crippen LogP contribution is -2.12. The Labute approximate surface area is 123 Å². The lowest BCUT2D eigenvalue weighted by molar-refractivity contribution is 0.875. The zero-order chi connectivity index (χ0) is 13.9. The second-order valence-electron chi connectivity index (χ2n) is 4.67. The van der Waals surface area contributed by atoms with Crippen LogP contribution in [0.1, 0.15) is 17.2 Å². The van der Waals surface area contributed by atoms with Crippen molar-refractivity contribution in [3.63, 3.8) is 0 Å². The normalized spacial score (nSPS) is 12.5. The van der Waals surface area contributed by atoms with Gasteiger partial charge in [-0.2, -0.15) is 0 Å². The Kier molecular flexibility index (Phi) is 3.72. The van der Waals surface area contributed by atoms with Crippen molar-refractivity contribution in [2.45, 2.75) is 10.9 Å². The van der Waals surface area contributed by atoms with Crippen LogP contribution in [0, 0.1) is 0 Å². The summed E-state index contributed by atoms with van der Waals surface area (Å²) in [5.41, 5.74) is 9.59. The molecule has 3 heteroatoms. The molecule has 3 aromatic rings. The molecule has 1 aromatic heterocycles. The van der Waals surface area contributed by atoms with Crippen LogP contribution in [-0.4, -0.2) is 11.2 Å². The first-order valence-corrected chi connectivity index (χ1v) is 7.75. The van der Waals surface area contributed by atoms with Gasteiger partial charge in [-0.3, -0.25) is 4.98 Å². The van der Waals surface area contributed by atoms with Crippen molar-refractivity contribution in [1.82, 2.24) is 4.98 Å². The Hall–Kier alpha value is -1.84. The highest BCUT2D eigenvalue weighted by molar-refractivity contribution is 7.98. The second-order valence-corrected chi connectivity index (χ2v) is 5.55. The monoisotopic (exact) mass is 280 g/mol. The fourth-order valence-electron chi connectivity index (χ4n) is 2.37. The van der Waals surface area contributed by atoms with Crippen LogP contribution in [-0.2, 0) is 0 Å². The number of hydrogen-bond acceptors (Lipinski definition) is 3. The van der Waals surface area contributed by atoms with E-state index in [0.29, 0.717) is 0 Å². The maximum Gasteiger partial charge on any atom is 0.0753 e. The van der Waals surface area contributed by atoms with Gasteiger partial charge in [0.2, 0.25) is 0 Å². The zero-order valence-electron chi connectivity index (χ0n) is 11.3. The Morgan fingerprint density at radius 2 is 1.75 bits per heavy atom. The molecule has 0 fully saturated rings. The lowest BCUT2D eigenvalue weighted by Gasteiger charge is -2.15. The molecule has 2 N–H and O–H groups in total. The summed E-state index contributed by atoms with van der Waals surface area (Å²) >= 11 is 1.73. The molecule has 20 heavy (non-hydrogen) atoms. The van der Waals surface area contributed by atoms with E-state index in [1.807, 2.05) is 18.3 Å². The molecule has 1 atom stereocenters. The number of rotatable bonds is 3. The molecule has 0 amide bonds. The van der Waals surface area contributed by atoms with Crippen LogP contribution in [0.4, 0.5) is 0 Å². The molecule has 0 aliphatic heterocycles. The van der Waals surface area contributed by atoms with Crippen molar-refractivity contribution in [2.24, 2.45) is 5.73 Å². The van der Waals surface area contributed by atoms with Gasteiger partial charge in [-0.15, -0.1) is 11.8 Å². The third-order valence-corrected chi connectivity index (χ3v) is 4.22. The second kappa shape index (κ2) is 5.65. The van der Waals surface area contributed by atoms with Gasteiger partial charge in [-0.05, 0) is 35.6 Å². The van der Waals surface area contributed by atoms with Crippen molar-refractivity contribution in [3.05, 3.63) is 71.9 Å². The largest absolute Gasteiger partial charge is 0.320 e. The summed E-state index contributed by atoms with van der Waals surface area (Å²) in [7, 11) is 0. The van der Waals surface area contributed by atoms with Gasteiger partial charge >= 0.3 is 0 Å². The van der Waals surface area contributed by atoms with Crippen LogP contribution >= 0.6 is 11.8 Å². The van der Waals surface area contributed by atoms with E-state index in [0.717, 1.165) is 22.0 Å². The van der Waals surface area contributed by atoms with Crippen molar-refractivity contribution >= 4 is 22.7 Å². The van der Waals surface area contributed by atoms with Crippen LogP contribution in [0.2, 0.25) is 0 Å². The molecule has 0 spiro atoms. The molecule has 3 rings (SSSR count). The molecule has 100 valence electrons. The minimum absolute atomic E-state index is 0.149. The highest BCUT2D eigenvalue weighted by atomic mass is 32.2. The summed E-state index contributed by atoms with van der Waals surface area (Å²) in [4.78, 5) is 5.72. The molecule has 1 heterocycles. The van der Waals surface area contributed by atoms with Crippen LogP contribution in [0.15, 0.2) is 65.7 Å². The summed E-state index contributed by atoms with van der Waals surface area (Å²) < 4.78 is 0. The molecule has 0 bridgehead atoms. The first kappa shape index (κ1) is 13.2. The van der Waals surface area contributed by atoms with Crippen molar-refractivity contribution in [3.8, 4) is 0 Å². The summed E-state index contributed by atoms with van der Waals surface area (Å²) in [5, 5.41) is 1.13. The van der Waals surface area contributed by atoms with Gasteiger partial charge in [0.1, 0.15) is 0 Å². The number of pyridine rings is 1. The summed E-state index contributed by atoms with van der Waals surface area (Å²) in [6.45, 7) is 0. The smallest absolute Gasteiger partial charge is 0.0753 e. The van der Waals surface area contributed by atoms with Crippen molar-refractivity contribution < 1.29 is 0 Å². The van der Waals surface area contributed by atoms with Crippen LogP contribution in [0.3, 0.4) is 0 Å². The van der Waals surface area contributed by atoms with Gasteiger partial charge in [0.05, 0.1) is 11.6 Å². The fraction of sp³-hybridized carbons (Fsp3) is 0.118. The molecule has 2 aromatic carbocycles. The molecule has 0 radical (unpaired) electrons. The molecule has 0 saturated carbocycles. The SMILES string of the molecule is CSc1ccc(C(N)c2cccc3cccnc23)cc1. The number of thioether (sulfide) groups is 1. The van der Waals surface area contributed by atoms with Gasteiger partial charge < -0.3 is 5.73 Å². The topological polar surface area (TPSA) is 38.9 Å². The summed E-state index contributed by atoms with van der Waals surface area (Å²) in [5.74, 6) is 0. The number of benzene rings is 2. The highest BCUT2D eigenvalue weighted by Gasteiger charge is 2.12. The Bertz CT molecular complexity index is 717. The minimum Gasteiger partial charge on any atom is -0.320 e. The van der Waals surface area contributed by atoms with Gasteiger partial charge in [-0.1, -0.05) is 36.4 Å². The van der Waals surface area contributed by atoms with E-state index < -0.39 is 0 Å². The molecule has 1 unspecified atom stereocenters. The minimum atomic E-state index is -0.149. The predicted octanol–water partition coefficient (Wildman–Crippen LogP) is 4.00. The van der Waals surface area contributed by atoms with Gasteiger partial charge in [0.25, 0.3) is 0 Å². The summed E-state index contributed by atoms with van der Waals surface area (Å²) in [6.07, 6.45) is 3.89. The lowest BCUT2D eigenvalue weighted by atomic mass is 9.97. The van der Waals surface area contributed by atoms with Crippen molar-refractivity contribution in [2.75, 3.05) is 6.26 Å². The van der Waals surface area contributed by atoms with Crippen LogP contribution in [0.5, 0.6) is 0 Å². The summed E-state index contributed by atoms with van der Waals surface area (Å²) in [6, 6.07) is 18.4. The molecular weight excluding hydrogens is 264 g/mol. The number of aromatic nitrogens is 1. The standard InChI is InChI=1S/C17H16N2S/c1-20-14-9-7-12(8-10-14)16(18)15-6-2-4-13-5-3-11-19-17(13)15/h2-11,16H,18H2,1H3. The Balaban J connectivity index is 2.05. The molecule has 0 aliphatic carbocycles. The molecule has 2 nitrogen and oxygen atoms in total. The Morgan fingerprint density at radius 1 is 1.00 bits per heavy atom. The number of nitrogens with two attached hydrogens (primary N) is 1. The fourth-order valence-corrected chi connectivity index (χ4v) is 2.78. The predicted molar refractivity (Wildman–Crippen MR) is 86.0 cm³/mol. The molecule has 0 saturated heterocycles. The number of hydrogen-bond donors (Lipinski definition) is 1. The average molecular weight is 280 g/mol.